The van der Waals surface area contributed by atoms with E-state index >= 15 is 0 Å². The molecule has 2 saturated carbocycles. The molecule has 2 atom stereocenters. The van der Waals surface area contributed by atoms with Gasteiger partial charge >= 0.3 is 0 Å². The number of carbonyl (C=O) groups is 1. The molecule has 3 heterocycles. The van der Waals surface area contributed by atoms with Crippen LogP contribution >= 0.6 is 0 Å². The second-order valence-electron chi connectivity index (χ2n) is 9.92. The molecule has 1 amide bonds. The van der Waals surface area contributed by atoms with Crippen LogP contribution in [0.15, 0.2) is 30.3 Å². The van der Waals surface area contributed by atoms with Crippen molar-refractivity contribution in [3.8, 4) is 0 Å². The Labute approximate surface area is 169 Å². The minimum absolute atomic E-state index is 0.159. The van der Waals surface area contributed by atoms with Gasteiger partial charge in [0.1, 0.15) is 0 Å². The second kappa shape index (κ2) is 6.11. The predicted molar refractivity (Wildman–Crippen MR) is 105 cm³/mol. The number of nitrogens with one attached hydrogen (secondary N) is 1. The molecule has 2 aliphatic carbocycles. The third-order valence-electron chi connectivity index (χ3n) is 8.13. The smallest absolute Gasteiger partial charge is 0.226 e. The summed E-state index contributed by atoms with van der Waals surface area (Å²) in [6, 6.07) is 10.3. The van der Waals surface area contributed by atoms with E-state index in [0.717, 1.165) is 49.9 Å². The zero-order chi connectivity index (χ0) is 19.6. The number of aromatic nitrogens is 4. The number of amides is 1. The minimum Gasteiger partial charge on any atom is -0.385 e. The molecule has 7 nitrogen and oxygen atoms in total. The molecule has 2 aliphatic heterocycles. The Morgan fingerprint density at radius 1 is 1.03 bits per heavy atom. The lowest BCUT2D eigenvalue weighted by Crippen LogP contribution is -2.57. The average Bonchev–Trinajstić information content (AvgIpc) is 3.27. The summed E-state index contributed by atoms with van der Waals surface area (Å²) >= 11 is 0. The highest BCUT2D eigenvalue weighted by Crippen LogP contribution is 2.64. The van der Waals surface area contributed by atoms with Crippen LogP contribution in [0.4, 0.5) is 0 Å². The first-order chi connectivity index (χ1) is 14.1. The normalized spacial score (nSPS) is 40.5. The summed E-state index contributed by atoms with van der Waals surface area (Å²) in [7, 11) is 0. The lowest BCUT2D eigenvalue weighted by Gasteiger charge is -2.58. The number of rotatable bonds is 3. The highest BCUT2D eigenvalue weighted by atomic mass is 16.3. The molecular weight excluding hydrogens is 366 g/mol. The molecule has 2 aromatic rings. The van der Waals surface area contributed by atoms with Crippen molar-refractivity contribution in [1.29, 1.82) is 0 Å². The van der Waals surface area contributed by atoms with Crippen LogP contribution in [0, 0.1) is 11.3 Å². The van der Waals surface area contributed by atoms with Gasteiger partial charge in [-0.1, -0.05) is 35.5 Å². The van der Waals surface area contributed by atoms with Crippen LogP contribution in [0.2, 0.25) is 0 Å². The van der Waals surface area contributed by atoms with Crippen LogP contribution in [0.3, 0.4) is 0 Å². The van der Waals surface area contributed by atoms with Crippen LogP contribution in [0.1, 0.15) is 68.7 Å². The Bertz CT molecular complexity index is 887. The largest absolute Gasteiger partial charge is 0.385 e. The van der Waals surface area contributed by atoms with Gasteiger partial charge in [0.2, 0.25) is 5.91 Å². The molecule has 4 aliphatic rings. The molecule has 2 unspecified atom stereocenters. The number of aromatic amines is 1. The number of tetrazole rings is 1. The van der Waals surface area contributed by atoms with E-state index in [1.165, 1.54) is 0 Å². The number of aliphatic hydroxyl groups is 1. The van der Waals surface area contributed by atoms with Gasteiger partial charge in [-0.3, -0.25) is 4.79 Å². The molecule has 1 aromatic heterocycles. The van der Waals surface area contributed by atoms with Crippen molar-refractivity contribution in [1.82, 2.24) is 25.5 Å². The number of fused-ring (bicyclic) bond motifs is 2. The Kier molecular flexibility index (Phi) is 3.70. The van der Waals surface area contributed by atoms with Crippen molar-refractivity contribution in [2.45, 2.75) is 75.0 Å². The maximum atomic E-state index is 13.3. The topological polar surface area (TPSA) is 95.0 Å². The zero-order valence-electron chi connectivity index (χ0n) is 16.5. The van der Waals surface area contributed by atoms with Crippen molar-refractivity contribution in [2.75, 3.05) is 0 Å². The third kappa shape index (κ3) is 2.66. The number of hydrogen-bond donors (Lipinski definition) is 2. The lowest BCUT2D eigenvalue weighted by molar-refractivity contribution is -0.159. The van der Waals surface area contributed by atoms with E-state index in [1.807, 2.05) is 30.3 Å². The monoisotopic (exact) mass is 393 g/mol. The van der Waals surface area contributed by atoms with Gasteiger partial charge in [-0.15, -0.1) is 10.2 Å². The fourth-order valence-electron chi connectivity index (χ4n) is 6.78. The molecule has 4 fully saturated rings. The Morgan fingerprint density at radius 3 is 2.34 bits per heavy atom. The van der Waals surface area contributed by atoms with Gasteiger partial charge in [-0.25, -0.2) is 0 Å². The van der Waals surface area contributed by atoms with Gasteiger partial charge in [0.05, 0.1) is 5.60 Å². The van der Waals surface area contributed by atoms with Gasteiger partial charge in [0.25, 0.3) is 0 Å². The number of benzene rings is 1. The molecule has 2 N–H and O–H groups in total. The first-order valence-electron chi connectivity index (χ1n) is 10.9. The van der Waals surface area contributed by atoms with Crippen molar-refractivity contribution < 1.29 is 9.90 Å². The van der Waals surface area contributed by atoms with Crippen molar-refractivity contribution in [3.05, 3.63) is 41.7 Å². The van der Waals surface area contributed by atoms with E-state index in [2.05, 4.69) is 25.5 Å². The molecule has 0 radical (unpaired) electrons. The van der Waals surface area contributed by atoms with E-state index in [4.69, 9.17) is 0 Å². The number of H-pyrrole nitrogens is 1. The van der Waals surface area contributed by atoms with Crippen molar-refractivity contribution in [3.63, 3.8) is 0 Å². The van der Waals surface area contributed by atoms with Gasteiger partial charge in [0.15, 0.2) is 5.82 Å². The minimum atomic E-state index is -0.795. The van der Waals surface area contributed by atoms with Crippen LogP contribution in [0.25, 0.3) is 0 Å². The quantitative estimate of drug-likeness (QED) is 0.835. The molecule has 6 rings (SSSR count). The second-order valence-corrected chi connectivity index (χ2v) is 9.92. The molecule has 7 heteroatoms. The Hall–Kier alpha value is -2.28. The van der Waals surface area contributed by atoms with E-state index in [1.54, 1.807) is 0 Å². The summed E-state index contributed by atoms with van der Waals surface area (Å²) in [4.78, 5) is 15.5. The number of piperidine rings is 1. The van der Waals surface area contributed by atoms with Crippen LogP contribution in [-0.4, -0.2) is 48.6 Å². The molecule has 2 saturated heterocycles. The van der Waals surface area contributed by atoms with Crippen molar-refractivity contribution in [2.24, 2.45) is 11.3 Å². The zero-order valence-corrected chi connectivity index (χ0v) is 16.5. The predicted octanol–water partition coefficient (Wildman–Crippen LogP) is 2.51. The summed E-state index contributed by atoms with van der Waals surface area (Å²) in [5.74, 6) is 1.71. The molecule has 1 spiro atoms. The summed E-state index contributed by atoms with van der Waals surface area (Å²) in [6.07, 6.45) is 7.52. The van der Waals surface area contributed by atoms with E-state index in [0.29, 0.717) is 30.1 Å². The first-order valence-corrected chi connectivity index (χ1v) is 10.9. The lowest BCUT2D eigenvalue weighted by atomic mass is 9.48. The van der Waals surface area contributed by atoms with Gasteiger partial charge in [-0.05, 0) is 49.5 Å². The molecule has 1 aromatic carbocycles. The summed E-state index contributed by atoms with van der Waals surface area (Å²) < 4.78 is 0. The highest BCUT2D eigenvalue weighted by molar-refractivity contribution is 5.81. The SMILES string of the molecule is O=C(C1CC2(C1)CC(c1nn[nH]n1)C2)N1C2CCC1CC(O)(c1ccccc1)C2. The molecule has 2 bridgehead atoms. The highest BCUT2D eigenvalue weighted by Gasteiger charge is 2.58. The van der Waals surface area contributed by atoms with Crippen LogP contribution < -0.4 is 0 Å². The summed E-state index contributed by atoms with van der Waals surface area (Å²) in [5.41, 5.74) is 0.524. The van der Waals surface area contributed by atoms with Crippen LogP contribution in [-0.2, 0) is 10.4 Å². The summed E-state index contributed by atoms with van der Waals surface area (Å²) in [6.45, 7) is 0. The van der Waals surface area contributed by atoms with E-state index < -0.39 is 5.60 Å². The Morgan fingerprint density at radius 2 is 1.72 bits per heavy atom. The molecular formula is C22H27N5O2. The van der Waals surface area contributed by atoms with Gasteiger partial charge in [-0.2, -0.15) is 5.21 Å². The summed E-state index contributed by atoms with van der Waals surface area (Å²) in [5, 5.41) is 25.7. The first kappa shape index (κ1) is 17.6. The number of carbonyl (C=O) groups excluding carboxylic acids is 1. The maximum Gasteiger partial charge on any atom is 0.226 e. The fourth-order valence-corrected chi connectivity index (χ4v) is 6.78. The maximum absolute atomic E-state index is 13.3. The van der Waals surface area contributed by atoms with E-state index in [-0.39, 0.29) is 18.0 Å². The Balaban J connectivity index is 1.10. The molecule has 29 heavy (non-hydrogen) atoms. The average molecular weight is 393 g/mol. The number of hydrogen-bond acceptors (Lipinski definition) is 5. The molecule has 152 valence electrons. The fraction of sp³-hybridized carbons (Fsp3) is 0.636. The third-order valence-corrected chi connectivity index (χ3v) is 8.13. The van der Waals surface area contributed by atoms with Crippen LogP contribution in [0.5, 0.6) is 0 Å². The van der Waals surface area contributed by atoms with Gasteiger partial charge < -0.3 is 10.0 Å². The van der Waals surface area contributed by atoms with E-state index in [9.17, 15) is 9.90 Å². The van der Waals surface area contributed by atoms with Crippen molar-refractivity contribution >= 4 is 5.91 Å². The van der Waals surface area contributed by atoms with Gasteiger partial charge in [0, 0.05) is 36.8 Å². The number of nitrogens with zero attached hydrogens (tertiary/aromatic N) is 4. The standard InChI is InChI=1S/C22H27N5O2/c28-20(15-10-21(11-15)8-14(9-21)19-23-25-26-24-19)27-17-6-7-18(27)13-22(29,12-17)16-4-2-1-3-5-16/h1-5,14-15,17-18,29H,6-13H2,(H,23,24,25,26).